The highest BCUT2D eigenvalue weighted by Crippen LogP contribution is 2.37. The van der Waals surface area contributed by atoms with Crippen LogP contribution in [-0.2, 0) is 20.7 Å². The van der Waals surface area contributed by atoms with Crippen LogP contribution in [0.15, 0.2) is 24.3 Å². The van der Waals surface area contributed by atoms with Gasteiger partial charge >= 0.3 is 5.97 Å². The van der Waals surface area contributed by atoms with Crippen LogP contribution in [0.1, 0.15) is 66.1 Å². The van der Waals surface area contributed by atoms with Crippen molar-refractivity contribution >= 4 is 17.7 Å². The zero-order valence-electron chi connectivity index (χ0n) is 17.9. The van der Waals surface area contributed by atoms with Gasteiger partial charge in [0.15, 0.2) is 6.61 Å². The lowest BCUT2D eigenvalue weighted by Crippen LogP contribution is -2.24. The Morgan fingerprint density at radius 2 is 1.81 bits per heavy atom. The molecule has 3 rings (SSSR count). The molecule has 2 aromatic rings. The van der Waals surface area contributed by atoms with E-state index in [1.165, 1.54) is 0 Å². The molecular weight excluding hydrogens is 392 g/mol. The first kappa shape index (κ1) is 22.1. The molecule has 0 bridgehead atoms. The maximum Gasteiger partial charge on any atom is 0.306 e. The summed E-state index contributed by atoms with van der Waals surface area (Å²) in [6.07, 6.45) is 4.91. The number of hydrogen-bond acceptors (Lipinski definition) is 5. The summed E-state index contributed by atoms with van der Waals surface area (Å²) in [6, 6.07) is 11.5. The van der Waals surface area contributed by atoms with Gasteiger partial charge in [0.05, 0.1) is 17.2 Å². The average molecular weight is 418 g/mol. The van der Waals surface area contributed by atoms with Crippen LogP contribution in [0.4, 0.5) is 5.82 Å². The van der Waals surface area contributed by atoms with Gasteiger partial charge in [-0.15, -0.1) is 0 Å². The largest absolute Gasteiger partial charge is 0.456 e. The molecule has 0 unspecified atom stereocenters. The molecular formula is C24H26N4O3. The van der Waals surface area contributed by atoms with Gasteiger partial charge in [0.25, 0.3) is 5.91 Å². The standard InChI is InChI=1S/C24H26N4O3/c1-16-17(2)28(20-5-3-4-6-20)24(21(16)14-26)27-22(29)15-31-23(30)12-11-18-7-9-19(13-25)10-8-18/h7-10,20H,3-6,11-12,15H2,1-2H3,(H,27,29). The van der Waals surface area contributed by atoms with Crippen molar-refractivity contribution in [2.45, 2.75) is 58.4 Å². The van der Waals surface area contributed by atoms with Gasteiger partial charge in [-0.05, 0) is 56.4 Å². The highest BCUT2D eigenvalue weighted by molar-refractivity contribution is 5.93. The molecule has 1 N–H and O–H groups in total. The van der Waals surface area contributed by atoms with E-state index in [4.69, 9.17) is 10.00 Å². The monoisotopic (exact) mass is 418 g/mol. The van der Waals surface area contributed by atoms with Crippen molar-refractivity contribution in [3.63, 3.8) is 0 Å². The topological polar surface area (TPSA) is 108 Å². The second kappa shape index (κ2) is 9.95. The first-order valence-electron chi connectivity index (χ1n) is 10.5. The van der Waals surface area contributed by atoms with Crippen LogP contribution in [0.25, 0.3) is 0 Å². The number of nitrogens with zero attached hydrogens (tertiary/aromatic N) is 3. The molecule has 1 aliphatic rings. The second-order valence-electron chi connectivity index (χ2n) is 7.87. The summed E-state index contributed by atoms with van der Waals surface area (Å²) < 4.78 is 7.18. The molecule has 7 heteroatoms. The van der Waals surface area contributed by atoms with Crippen molar-refractivity contribution in [2.75, 3.05) is 11.9 Å². The molecule has 31 heavy (non-hydrogen) atoms. The number of nitrogens with one attached hydrogen (secondary N) is 1. The molecule has 1 fully saturated rings. The number of amides is 1. The summed E-state index contributed by atoms with van der Waals surface area (Å²) in [6.45, 7) is 3.45. The van der Waals surface area contributed by atoms with Gasteiger partial charge < -0.3 is 14.6 Å². The molecule has 1 aliphatic carbocycles. The van der Waals surface area contributed by atoms with Crippen LogP contribution < -0.4 is 5.32 Å². The first-order valence-corrected chi connectivity index (χ1v) is 10.5. The van der Waals surface area contributed by atoms with E-state index in [0.29, 0.717) is 23.4 Å². The Balaban J connectivity index is 1.58. The Hall–Kier alpha value is -3.58. The Morgan fingerprint density at radius 1 is 1.13 bits per heavy atom. The van der Waals surface area contributed by atoms with E-state index < -0.39 is 18.5 Å². The zero-order chi connectivity index (χ0) is 22.4. The lowest BCUT2D eigenvalue weighted by molar-refractivity contribution is -0.147. The lowest BCUT2D eigenvalue weighted by Gasteiger charge is -2.19. The van der Waals surface area contributed by atoms with Crippen molar-refractivity contribution in [3.8, 4) is 12.1 Å². The van der Waals surface area contributed by atoms with Gasteiger partial charge in [-0.25, -0.2) is 0 Å². The van der Waals surface area contributed by atoms with Crippen molar-refractivity contribution in [1.82, 2.24) is 4.57 Å². The van der Waals surface area contributed by atoms with E-state index in [2.05, 4.69) is 16.0 Å². The number of aromatic nitrogens is 1. The number of aryl methyl sites for hydroxylation is 1. The average Bonchev–Trinajstić information content (AvgIpc) is 3.38. The zero-order valence-corrected chi connectivity index (χ0v) is 17.9. The summed E-state index contributed by atoms with van der Waals surface area (Å²) in [5, 5.41) is 21.2. The van der Waals surface area contributed by atoms with Crippen molar-refractivity contribution in [3.05, 3.63) is 52.2 Å². The van der Waals surface area contributed by atoms with Gasteiger partial charge in [0.1, 0.15) is 11.9 Å². The van der Waals surface area contributed by atoms with Gasteiger partial charge in [0, 0.05) is 18.2 Å². The molecule has 0 aliphatic heterocycles. The van der Waals surface area contributed by atoms with Gasteiger partial charge in [-0.2, -0.15) is 10.5 Å². The number of benzene rings is 1. The smallest absolute Gasteiger partial charge is 0.306 e. The normalized spacial score (nSPS) is 13.4. The molecule has 1 aromatic carbocycles. The van der Waals surface area contributed by atoms with Crippen molar-refractivity contribution < 1.29 is 14.3 Å². The van der Waals surface area contributed by atoms with Crippen LogP contribution in [0.3, 0.4) is 0 Å². The number of hydrogen-bond donors (Lipinski definition) is 1. The molecule has 1 aromatic heterocycles. The van der Waals surface area contributed by atoms with Crippen molar-refractivity contribution in [2.24, 2.45) is 0 Å². The van der Waals surface area contributed by atoms with E-state index in [1.54, 1.807) is 24.3 Å². The van der Waals surface area contributed by atoms with Gasteiger partial charge in [-0.3, -0.25) is 9.59 Å². The number of nitriles is 2. The number of ether oxygens (including phenoxy) is 1. The van der Waals surface area contributed by atoms with Crippen LogP contribution in [0.2, 0.25) is 0 Å². The van der Waals surface area contributed by atoms with Crippen LogP contribution >= 0.6 is 0 Å². The molecule has 1 saturated carbocycles. The maximum absolute atomic E-state index is 12.5. The highest BCUT2D eigenvalue weighted by atomic mass is 16.5. The Morgan fingerprint density at radius 3 is 2.42 bits per heavy atom. The number of carbonyl (C=O) groups excluding carboxylic acids is 2. The summed E-state index contributed by atoms with van der Waals surface area (Å²) >= 11 is 0. The number of esters is 1. The molecule has 160 valence electrons. The van der Waals surface area contributed by atoms with E-state index in [-0.39, 0.29) is 12.5 Å². The van der Waals surface area contributed by atoms with Crippen molar-refractivity contribution in [1.29, 1.82) is 10.5 Å². The minimum atomic E-state index is -0.474. The molecule has 0 atom stereocenters. The summed E-state index contributed by atoms with van der Waals surface area (Å²) in [7, 11) is 0. The third kappa shape index (κ3) is 5.13. The fourth-order valence-corrected chi connectivity index (χ4v) is 4.08. The van der Waals surface area contributed by atoms with Gasteiger partial charge in [-0.1, -0.05) is 25.0 Å². The Labute approximate surface area is 182 Å². The molecule has 0 spiro atoms. The summed E-state index contributed by atoms with van der Waals surface area (Å²) in [4.78, 5) is 24.5. The third-order valence-corrected chi connectivity index (χ3v) is 5.88. The summed E-state index contributed by atoms with van der Waals surface area (Å²) in [5.74, 6) is -0.429. The lowest BCUT2D eigenvalue weighted by atomic mass is 10.1. The van der Waals surface area contributed by atoms with E-state index in [0.717, 1.165) is 42.5 Å². The van der Waals surface area contributed by atoms with Crippen LogP contribution in [0, 0.1) is 36.5 Å². The fraction of sp³-hybridized carbons (Fsp3) is 0.417. The predicted molar refractivity (Wildman–Crippen MR) is 115 cm³/mol. The maximum atomic E-state index is 12.5. The van der Waals surface area contributed by atoms with E-state index in [9.17, 15) is 14.9 Å². The third-order valence-electron chi connectivity index (χ3n) is 5.88. The first-order chi connectivity index (χ1) is 14.9. The number of anilines is 1. The van der Waals surface area contributed by atoms with Crippen LogP contribution in [0.5, 0.6) is 0 Å². The predicted octanol–water partition coefficient (Wildman–Crippen LogP) is 4.08. The van der Waals surface area contributed by atoms with Gasteiger partial charge in [0.2, 0.25) is 0 Å². The van der Waals surface area contributed by atoms with Crippen LogP contribution in [-0.4, -0.2) is 23.1 Å². The second-order valence-corrected chi connectivity index (χ2v) is 7.87. The van der Waals surface area contributed by atoms with E-state index >= 15 is 0 Å². The molecule has 7 nitrogen and oxygen atoms in total. The van der Waals surface area contributed by atoms with E-state index in [1.807, 2.05) is 19.9 Å². The highest BCUT2D eigenvalue weighted by Gasteiger charge is 2.26. The molecule has 0 radical (unpaired) electrons. The number of carbonyl (C=O) groups is 2. The summed E-state index contributed by atoms with van der Waals surface area (Å²) in [5.41, 5.74) is 3.79. The quantitative estimate of drug-likeness (QED) is 0.682. The minimum Gasteiger partial charge on any atom is -0.456 e. The SMILES string of the molecule is Cc1c(C#N)c(NC(=O)COC(=O)CCc2ccc(C#N)cc2)n(C2CCCC2)c1C. The minimum absolute atomic E-state index is 0.138. The molecule has 1 amide bonds. The Kier molecular flexibility index (Phi) is 7.10. The molecule has 1 heterocycles. The fourth-order valence-electron chi connectivity index (χ4n) is 4.08. The molecule has 0 saturated heterocycles. The Bertz CT molecular complexity index is 1050. The number of rotatable bonds is 7.